The number of rotatable bonds is 4. The molecule has 0 unspecified atom stereocenters. The highest BCUT2D eigenvalue weighted by Crippen LogP contribution is 2.09. The number of nitrogens with zero attached hydrogens (tertiary/aromatic N) is 5. The highest BCUT2D eigenvalue weighted by molar-refractivity contribution is 5.94. The second-order valence-corrected chi connectivity index (χ2v) is 4.80. The fraction of sp³-hybridized carbons (Fsp3) is 0.0625. The van der Waals surface area contributed by atoms with Gasteiger partial charge in [0.1, 0.15) is 6.33 Å². The molecule has 0 radical (unpaired) electrons. The van der Waals surface area contributed by atoms with Crippen molar-refractivity contribution in [2.45, 2.75) is 6.54 Å². The number of carbonyl (C=O) groups excluding carboxylic acids is 1. The standard InChI is InChI=1S/C16H12N6O/c17-9-12-3-1-4-13(7-12)10-18-16(23)14-5-2-6-15(8-14)22-11-19-20-21-22/h1-8,11H,10H2,(H,18,23). The Bertz CT molecular complexity index is 866. The van der Waals surface area contributed by atoms with E-state index in [4.69, 9.17) is 5.26 Å². The van der Waals surface area contributed by atoms with E-state index in [1.165, 1.54) is 11.0 Å². The first-order valence-corrected chi connectivity index (χ1v) is 6.87. The molecule has 0 bridgehead atoms. The average Bonchev–Trinajstić information content (AvgIpc) is 3.14. The van der Waals surface area contributed by atoms with Crippen molar-refractivity contribution < 1.29 is 4.79 Å². The minimum atomic E-state index is -0.206. The third-order valence-corrected chi connectivity index (χ3v) is 3.23. The molecule has 7 nitrogen and oxygen atoms in total. The normalized spacial score (nSPS) is 10.0. The van der Waals surface area contributed by atoms with E-state index in [9.17, 15) is 4.79 Å². The number of aromatic nitrogens is 4. The van der Waals surface area contributed by atoms with Gasteiger partial charge in [-0.25, -0.2) is 4.68 Å². The number of hydrogen-bond donors (Lipinski definition) is 1. The van der Waals surface area contributed by atoms with Crippen LogP contribution in [0.3, 0.4) is 0 Å². The molecule has 0 atom stereocenters. The van der Waals surface area contributed by atoms with Crippen molar-refractivity contribution >= 4 is 5.91 Å². The minimum Gasteiger partial charge on any atom is -0.348 e. The minimum absolute atomic E-state index is 0.206. The van der Waals surface area contributed by atoms with Crippen molar-refractivity contribution in [3.8, 4) is 11.8 Å². The lowest BCUT2D eigenvalue weighted by Crippen LogP contribution is -2.23. The molecule has 0 aliphatic rings. The summed E-state index contributed by atoms with van der Waals surface area (Å²) < 4.78 is 1.48. The molecule has 1 N–H and O–H groups in total. The van der Waals surface area contributed by atoms with Crippen LogP contribution in [0.5, 0.6) is 0 Å². The highest BCUT2D eigenvalue weighted by Gasteiger charge is 2.07. The van der Waals surface area contributed by atoms with E-state index in [-0.39, 0.29) is 5.91 Å². The van der Waals surface area contributed by atoms with E-state index in [2.05, 4.69) is 26.9 Å². The fourth-order valence-corrected chi connectivity index (χ4v) is 2.10. The molecule has 0 aliphatic carbocycles. The van der Waals surface area contributed by atoms with Crippen LogP contribution in [0.4, 0.5) is 0 Å². The maximum atomic E-state index is 12.3. The third-order valence-electron chi connectivity index (χ3n) is 3.23. The van der Waals surface area contributed by atoms with Crippen LogP contribution >= 0.6 is 0 Å². The first-order valence-electron chi connectivity index (χ1n) is 6.87. The van der Waals surface area contributed by atoms with Gasteiger partial charge in [0.2, 0.25) is 0 Å². The summed E-state index contributed by atoms with van der Waals surface area (Å²) in [6.07, 6.45) is 1.46. The molecule has 23 heavy (non-hydrogen) atoms. The largest absolute Gasteiger partial charge is 0.348 e. The number of carbonyl (C=O) groups is 1. The zero-order valence-corrected chi connectivity index (χ0v) is 12.0. The molecule has 0 saturated heterocycles. The van der Waals surface area contributed by atoms with Crippen LogP contribution in [0.25, 0.3) is 5.69 Å². The molecule has 3 aromatic rings. The third kappa shape index (κ3) is 3.39. The molecule has 2 aromatic carbocycles. The molecule has 0 fully saturated rings. The van der Waals surface area contributed by atoms with E-state index < -0.39 is 0 Å². The van der Waals surface area contributed by atoms with Gasteiger partial charge >= 0.3 is 0 Å². The van der Waals surface area contributed by atoms with Gasteiger partial charge in [0, 0.05) is 12.1 Å². The van der Waals surface area contributed by atoms with Gasteiger partial charge in [-0.05, 0) is 46.3 Å². The molecular weight excluding hydrogens is 292 g/mol. The van der Waals surface area contributed by atoms with Crippen LogP contribution in [0, 0.1) is 11.3 Å². The Kier molecular flexibility index (Phi) is 4.07. The number of tetrazole rings is 1. The van der Waals surface area contributed by atoms with Crippen molar-refractivity contribution in [3.63, 3.8) is 0 Å². The lowest BCUT2D eigenvalue weighted by Gasteiger charge is -2.07. The van der Waals surface area contributed by atoms with E-state index in [1.54, 1.807) is 36.4 Å². The Morgan fingerprint density at radius 1 is 1.22 bits per heavy atom. The van der Waals surface area contributed by atoms with Crippen LogP contribution in [0.1, 0.15) is 21.5 Å². The fourth-order valence-electron chi connectivity index (χ4n) is 2.10. The van der Waals surface area contributed by atoms with Crippen molar-refractivity contribution in [2.75, 3.05) is 0 Å². The summed E-state index contributed by atoms with van der Waals surface area (Å²) in [6, 6.07) is 16.2. The van der Waals surface area contributed by atoms with Gasteiger partial charge in [-0.1, -0.05) is 18.2 Å². The number of benzene rings is 2. The predicted molar refractivity (Wildman–Crippen MR) is 81.5 cm³/mol. The molecule has 1 amide bonds. The maximum Gasteiger partial charge on any atom is 0.251 e. The Hall–Kier alpha value is -3.53. The average molecular weight is 304 g/mol. The molecule has 3 rings (SSSR count). The van der Waals surface area contributed by atoms with Crippen molar-refractivity contribution in [1.82, 2.24) is 25.5 Å². The van der Waals surface area contributed by atoms with E-state index in [0.717, 1.165) is 5.56 Å². The van der Waals surface area contributed by atoms with E-state index in [1.807, 2.05) is 12.1 Å². The van der Waals surface area contributed by atoms with Crippen molar-refractivity contribution in [1.29, 1.82) is 5.26 Å². The van der Waals surface area contributed by atoms with Gasteiger partial charge < -0.3 is 5.32 Å². The van der Waals surface area contributed by atoms with Crippen molar-refractivity contribution in [2.24, 2.45) is 0 Å². The Labute approximate surface area is 132 Å². The van der Waals surface area contributed by atoms with Gasteiger partial charge in [0.25, 0.3) is 5.91 Å². The number of hydrogen-bond acceptors (Lipinski definition) is 5. The maximum absolute atomic E-state index is 12.3. The summed E-state index contributed by atoms with van der Waals surface area (Å²) in [5, 5.41) is 22.6. The van der Waals surface area contributed by atoms with Crippen LogP contribution in [-0.4, -0.2) is 26.1 Å². The number of nitrogens with one attached hydrogen (secondary N) is 1. The first kappa shape index (κ1) is 14.4. The molecule has 7 heteroatoms. The Morgan fingerprint density at radius 2 is 2.09 bits per heavy atom. The predicted octanol–water partition coefficient (Wildman–Crippen LogP) is 1.46. The summed E-state index contributed by atoms with van der Waals surface area (Å²) in [7, 11) is 0. The molecule has 112 valence electrons. The highest BCUT2D eigenvalue weighted by atomic mass is 16.1. The van der Waals surface area contributed by atoms with Crippen LogP contribution in [0.15, 0.2) is 54.9 Å². The quantitative estimate of drug-likeness (QED) is 0.787. The Morgan fingerprint density at radius 3 is 2.87 bits per heavy atom. The van der Waals surface area contributed by atoms with Gasteiger partial charge in [-0.3, -0.25) is 4.79 Å². The second kappa shape index (κ2) is 6.49. The zero-order chi connectivity index (χ0) is 16.1. The summed E-state index contributed by atoms with van der Waals surface area (Å²) in [6.45, 7) is 0.351. The van der Waals surface area contributed by atoms with Crippen molar-refractivity contribution in [3.05, 3.63) is 71.5 Å². The second-order valence-electron chi connectivity index (χ2n) is 4.80. The van der Waals surface area contributed by atoms with E-state index in [0.29, 0.717) is 23.4 Å². The lowest BCUT2D eigenvalue weighted by molar-refractivity contribution is 0.0951. The van der Waals surface area contributed by atoms with Crippen LogP contribution in [-0.2, 0) is 6.54 Å². The summed E-state index contributed by atoms with van der Waals surface area (Å²) >= 11 is 0. The van der Waals surface area contributed by atoms with Crippen LogP contribution in [0.2, 0.25) is 0 Å². The van der Waals surface area contributed by atoms with Gasteiger partial charge in [0.15, 0.2) is 0 Å². The van der Waals surface area contributed by atoms with Gasteiger partial charge in [0.05, 0.1) is 17.3 Å². The zero-order valence-electron chi connectivity index (χ0n) is 12.0. The molecule has 0 saturated carbocycles. The number of amides is 1. The summed E-state index contributed by atoms with van der Waals surface area (Å²) in [4.78, 5) is 12.3. The monoisotopic (exact) mass is 304 g/mol. The summed E-state index contributed by atoms with van der Waals surface area (Å²) in [5.41, 5.74) is 2.65. The van der Waals surface area contributed by atoms with E-state index >= 15 is 0 Å². The molecule has 1 heterocycles. The molecular formula is C16H12N6O. The molecule has 1 aromatic heterocycles. The summed E-state index contributed by atoms with van der Waals surface area (Å²) in [5.74, 6) is -0.206. The number of nitriles is 1. The smallest absolute Gasteiger partial charge is 0.251 e. The Balaban J connectivity index is 1.71. The molecule has 0 spiro atoms. The lowest BCUT2D eigenvalue weighted by atomic mass is 10.1. The van der Waals surface area contributed by atoms with Gasteiger partial charge in [-0.2, -0.15) is 5.26 Å². The van der Waals surface area contributed by atoms with Crippen LogP contribution < -0.4 is 5.32 Å². The van der Waals surface area contributed by atoms with Gasteiger partial charge in [-0.15, -0.1) is 5.10 Å². The topological polar surface area (TPSA) is 96.5 Å². The first-order chi connectivity index (χ1) is 11.3. The molecule has 0 aliphatic heterocycles. The SMILES string of the molecule is N#Cc1cccc(CNC(=O)c2cccc(-n3cnnn3)c2)c1.